The zero-order valence-corrected chi connectivity index (χ0v) is 15.1. The van der Waals surface area contributed by atoms with Crippen molar-refractivity contribution in [2.75, 3.05) is 13.1 Å². The van der Waals surface area contributed by atoms with Crippen molar-refractivity contribution in [2.45, 2.75) is 45.8 Å². The number of piperidine rings is 1. The maximum Gasteiger partial charge on any atom is 0.253 e. The number of nitrogens with zero attached hydrogens (tertiary/aromatic N) is 1. The molecule has 1 aromatic carbocycles. The van der Waals surface area contributed by atoms with Crippen LogP contribution in [-0.2, 0) is 17.9 Å². The van der Waals surface area contributed by atoms with E-state index in [4.69, 9.17) is 0 Å². The lowest BCUT2D eigenvalue weighted by molar-refractivity contribution is -0.124. The molecule has 1 aromatic rings. The molecule has 0 bridgehead atoms. The van der Waals surface area contributed by atoms with Gasteiger partial charge in [0.2, 0.25) is 5.91 Å². The normalized spacial score (nSPS) is 17.4. The van der Waals surface area contributed by atoms with Gasteiger partial charge < -0.3 is 15.5 Å². The largest absolute Gasteiger partial charge is 0.353 e. The van der Waals surface area contributed by atoms with Crippen molar-refractivity contribution in [1.82, 2.24) is 15.5 Å². The van der Waals surface area contributed by atoms with Crippen molar-refractivity contribution < 1.29 is 9.59 Å². The molecule has 3 rings (SSSR count). The Balaban J connectivity index is 0.00000208. The van der Waals surface area contributed by atoms with Crippen LogP contribution in [0.2, 0.25) is 0 Å². The zero-order chi connectivity index (χ0) is 16.4. The Bertz CT molecular complexity index is 610. The Morgan fingerprint density at radius 2 is 1.83 bits per heavy atom. The van der Waals surface area contributed by atoms with Gasteiger partial charge in [0.1, 0.15) is 0 Å². The summed E-state index contributed by atoms with van der Waals surface area (Å²) in [5.74, 6) is 0.212. The van der Waals surface area contributed by atoms with E-state index in [1.165, 1.54) is 11.1 Å². The van der Waals surface area contributed by atoms with E-state index in [1.807, 2.05) is 30.9 Å². The number of carbonyl (C=O) groups excluding carboxylic acids is 2. The molecule has 0 aliphatic carbocycles. The van der Waals surface area contributed by atoms with Gasteiger partial charge in [-0.2, -0.15) is 0 Å². The highest BCUT2D eigenvalue weighted by Crippen LogP contribution is 2.20. The van der Waals surface area contributed by atoms with Crippen LogP contribution in [0, 0.1) is 5.92 Å². The van der Waals surface area contributed by atoms with Crippen LogP contribution in [0.4, 0.5) is 0 Å². The third-order valence-corrected chi connectivity index (χ3v) is 4.74. The fourth-order valence-electron chi connectivity index (χ4n) is 3.21. The summed E-state index contributed by atoms with van der Waals surface area (Å²) in [7, 11) is 0. The molecule has 2 aliphatic heterocycles. The number of hydrogen-bond donors (Lipinski definition) is 2. The molecule has 2 heterocycles. The van der Waals surface area contributed by atoms with E-state index in [0.717, 1.165) is 31.5 Å². The van der Waals surface area contributed by atoms with Crippen LogP contribution in [-0.4, -0.2) is 35.8 Å². The first-order valence-corrected chi connectivity index (χ1v) is 8.47. The fourth-order valence-corrected chi connectivity index (χ4v) is 3.21. The number of fused-ring (bicyclic) bond motifs is 1. The molecule has 2 amide bonds. The maximum absolute atomic E-state index is 12.7. The van der Waals surface area contributed by atoms with Gasteiger partial charge >= 0.3 is 0 Å². The van der Waals surface area contributed by atoms with E-state index in [9.17, 15) is 9.59 Å². The molecule has 1 fully saturated rings. The van der Waals surface area contributed by atoms with Crippen LogP contribution in [0.3, 0.4) is 0 Å². The number of nitrogens with one attached hydrogen (secondary N) is 2. The summed E-state index contributed by atoms with van der Waals surface area (Å²) >= 11 is 0. The minimum atomic E-state index is 0. The first kappa shape index (κ1) is 18.7. The Hall–Kier alpha value is -1.59. The molecular weight excluding hydrogens is 326 g/mol. The molecule has 2 N–H and O–H groups in total. The van der Waals surface area contributed by atoms with E-state index in [2.05, 4.69) is 16.7 Å². The third-order valence-electron chi connectivity index (χ3n) is 4.74. The first-order chi connectivity index (χ1) is 11.0. The smallest absolute Gasteiger partial charge is 0.253 e. The van der Waals surface area contributed by atoms with Gasteiger partial charge in [0.15, 0.2) is 0 Å². The van der Waals surface area contributed by atoms with Gasteiger partial charge in [-0.3, -0.25) is 9.59 Å². The van der Waals surface area contributed by atoms with Gasteiger partial charge in [0.25, 0.3) is 5.91 Å². The standard InChI is InChI=1S/C18H25N3O2.ClH/c1-12(2)17(22)20-16-5-7-21(8-6-16)18(23)13-3-4-14-10-19-11-15(14)9-13;/h3-4,9,12,16,19H,5-8,10-11H2,1-2H3,(H,20,22);1H. The van der Waals surface area contributed by atoms with E-state index >= 15 is 0 Å². The second-order valence-corrected chi connectivity index (χ2v) is 6.82. The zero-order valence-electron chi connectivity index (χ0n) is 14.3. The molecule has 0 radical (unpaired) electrons. The molecule has 5 nitrogen and oxygen atoms in total. The van der Waals surface area contributed by atoms with Crippen molar-refractivity contribution in [3.63, 3.8) is 0 Å². The number of benzene rings is 1. The second kappa shape index (κ2) is 7.99. The number of rotatable bonds is 3. The second-order valence-electron chi connectivity index (χ2n) is 6.82. The third kappa shape index (κ3) is 4.08. The van der Waals surface area contributed by atoms with E-state index in [0.29, 0.717) is 13.1 Å². The highest BCUT2D eigenvalue weighted by Gasteiger charge is 2.25. The van der Waals surface area contributed by atoms with Crippen LogP contribution in [0.1, 0.15) is 48.2 Å². The predicted molar refractivity (Wildman–Crippen MR) is 96.1 cm³/mol. The highest BCUT2D eigenvalue weighted by atomic mass is 35.5. The van der Waals surface area contributed by atoms with E-state index < -0.39 is 0 Å². The van der Waals surface area contributed by atoms with Gasteiger partial charge in [-0.15, -0.1) is 12.4 Å². The van der Waals surface area contributed by atoms with Crippen molar-refractivity contribution in [3.05, 3.63) is 34.9 Å². The van der Waals surface area contributed by atoms with Crippen LogP contribution in [0.5, 0.6) is 0 Å². The van der Waals surface area contributed by atoms with Crippen molar-refractivity contribution in [3.8, 4) is 0 Å². The van der Waals surface area contributed by atoms with Gasteiger partial charge in [-0.25, -0.2) is 0 Å². The summed E-state index contributed by atoms with van der Waals surface area (Å²) in [6.07, 6.45) is 1.66. The van der Waals surface area contributed by atoms with Crippen molar-refractivity contribution in [1.29, 1.82) is 0 Å². The Morgan fingerprint density at radius 1 is 1.17 bits per heavy atom. The van der Waals surface area contributed by atoms with Crippen molar-refractivity contribution in [2.24, 2.45) is 5.92 Å². The Kier molecular flexibility index (Phi) is 6.24. The predicted octanol–water partition coefficient (Wildman–Crippen LogP) is 2.09. The fraction of sp³-hybridized carbons (Fsp3) is 0.556. The highest BCUT2D eigenvalue weighted by molar-refractivity contribution is 5.94. The number of carbonyl (C=O) groups is 2. The van der Waals surface area contributed by atoms with Gasteiger partial charge in [-0.05, 0) is 36.1 Å². The van der Waals surface area contributed by atoms with Gasteiger partial charge in [0.05, 0.1) is 0 Å². The molecule has 0 atom stereocenters. The topological polar surface area (TPSA) is 61.4 Å². The molecule has 2 aliphatic rings. The summed E-state index contributed by atoms with van der Waals surface area (Å²) in [4.78, 5) is 26.3. The molecule has 132 valence electrons. The molecule has 0 saturated carbocycles. The van der Waals surface area contributed by atoms with E-state index in [1.54, 1.807) is 0 Å². The molecule has 1 saturated heterocycles. The minimum absolute atomic E-state index is 0. The number of amides is 2. The summed E-state index contributed by atoms with van der Waals surface area (Å²) in [5.41, 5.74) is 3.30. The van der Waals surface area contributed by atoms with Crippen LogP contribution < -0.4 is 10.6 Å². The molecule has 0 aromatic heterocycles. The van der Waals surface area contributed by atoms with Crippen LogP contribution >= 0.6 is 12.4 Å². The first-order valence-electron chi connectivity index (χ1n) is 8.47. The lowest BCUT2D eigenvalue weighted by atomic mass is 10.0. The number of halogens is 1. The SMILES string of the molecule is CC(C)C(=O)NC1CCN(C(=O)c2ccc3c(c2)CNC3)CC1.Cl. The summed E-state index contributed by atoms with van der Waals surface area (Å²) in [6.45, 7) is 6.95. The van der Waals surface area contributed by atoms with E-state index in [-0.39, 0.29) is 36.2 Å². The number of hydrogen-bond acceptors (Lipinski definition) is 3. The summed E-state index contributed by atoms with van der Waals surface area (Å²) in [6, 6.07) is 6.20. The molecule has 6 heteroatoms. The van der Waals surface area contributed by atoms with Gasteiger partial charge in [-0.1, -0.05) is 19.9 Å². The van der Waals surface area contributed by atoms with Crippen molar-refractivity contribution >= 4 is 24.2 Å². The molecule has 0 unspecified atom stereocenters. The lowest BCUT2D eigenvalue weighted by Crippen LogP contribution is -2.47. The lowest BCUT2D eigenvalue weighted by Gasteiger charge is -2.33. The Morgan fingerprint density at radius 3 is 2.50 bits per heavy atom. The number of likely N-dealkylation sites (tertiary alicyclic amines) is 1. The molecule has 0 spiro atoms. The van der Waals surface area contributed by atoms with Crippen LogP contribution in [0.25, 0.3) is 0 Å². The maximum atomic E-state index is 12.7. The average molecular weight is 352 g/mol. The molecular formula is C18H26ClN3O2. The summed E-state index contributed by atoms with van der Waals surface area (Å²) in [5, 5.41) is 6.37. The molecule has 24 heavy (non-hydrogen) atoms. The average Bonchev–Trinajstić information content (AvgIpc) is 3.02. The minimum Gasteiger partial charge on any atom is -0.353 e. The monoisotopic (exact) mass is 351 g/mol. The Labute approximate surface area is 149 Å². The van der Waals surface area contributed by atoms with Gasteiger partial charge in [0, 0.05) is 43.7 Å². The summed E-state index contributed by atoms with van der Waals surface area (Å²) < 4.78 is 0. The quantitative estimate of drug-likeness (QED) is 0.876. The van der Waals surface area contributed by atoms with Crippen LogP contribution in [0.15, 0.2) is 18.2 Å².